The van der Waals surface area contributed by atoms with E-state index in [1.54, 1.807) is 11.9 Å². The zero-order valence-electron chi connectivity index (χ0n) is 14.0. The summed E-state index contributed by atoms with van der Waals surface area (Å²) in [6.45, 7) is 4.37. The number of carbonyl (C=O) groups excluding carboxylic acids is 1. The lowest BCUT2D eigenvalue weighted by Crippen LogP contribution is -2.52. The predicted octanol–water partition coefficient (Wildman–Crippen LogP) is 2.49. The molecule has 1 N–H and O–H groups in total. The average molecular weight is 325 g/mol. The fourth-order valence-electron chi connectivity index (χ4n) is 3.24. The Balaban J connectivity index is 1.83. The van der Waals surface area contributed by atoms with E-state index in [0.717, 1.165) is 25.6 Å². The van der Waals surface area contributed by atoms with Crippen LogP contribution in [0.25, 0.3) is 0 Å². The van der Waals surface area contributed by atoms with Crippen LogP contribution in [0.4, 0.5) is 13.6 Å². The van der Waals surface area contributed by atoms with Gasteiger partial charge in [0.05, 0.1) is 0 Å². The van der Waals surface area contributed by atoms with Crippen molar-refractivity contribution in [3.8, 4) is 0 Å². The molecule has 1 aliphatic rings. The number of hydrogen-bond donors (Lipinski definition) is 1. The summed E-state index contributed by atoms with van der Waals surface area (Å²) < 4.78 is 26.7. The van der Waals surface area contributed by atoms with E-state index in [4.69, 9.17) is 0 Å². The summed E-state index contributed by atoms with van der Waals surface area (Å²) in [4.78, 5) is 16.2. The molecule has 0 bridgehead atoms. The highest BCUT2D eigenvalue weighted by atomic mass is 19.2. The van der Waals surface area contributed by atoms with Gasteiger partial charge in [-0.1, -0.05) is 19.1 Å². The monoisotopic (exact) mass is 325 g/mol. The SMILES string of the molecule is C[C@@H]1CN(C)CC[C@@H]1N(C)C(=O)NCCc1cccc(F)c1F. The number of rotatable bonds is 4. The maximum Gasteiger partial charge on any atom is 0.317 e. The number of piperidine rings is 1. The summed E-state index contributed by atoms with van der Waals surface area (Å²) in [5, 5.41) is 2.79. The maximum absolute atomic E-state index is 13.6. The molecule has 0 aliphatic carbocycles. The van der Waals surface area contributed by atoms with Crippen molar-refractivity contribution in [2.45, 2.75) is 25.8 Å². The van der Waals surface area contributed by atoms with Gasteiger partial charge in [-0.05, 0) is 44.0 Å². The Morgan fingerprint density at radius 2 is 2.17 bits per heavy atom. The minimum atomic E-state index is -0.855. The second-order valence-electron chi connectivity index (χ2n) is 6.40. The number of likely N-dealkylation sites (tertiary alicyclic amines) is 1. The first-order valence-corrected chi connectivity index (χ1v) is 8.02. The summed E-state index contributed by atoms with van der Waals surface area (Å²) in [5.74, 6) is -1.28. The zero-order valence-corrected chi connectivity index (χ0v) is 14.0. The van der Waals surface area contributed by atoms with Crippen molar-refractivity contribution in [1.82, 2.24) is 15.1 Å². The van der Waals surface area contributed by atoms with Crippen LogP contribution in [0.15, 0.2) is 18.2 Å². The van der Waals surface area contributed by atoms with Gasteiger partial charge >= 0.3 is 6.03 Å². The summed E-state index contributed by atoms with van der Waals surface area (Å²) >= 11 is 0. The van der Waals surface area contributed by atoms with Crippen LogP contribution in [0.5, 0.6) is 0 Å². The quantitative estimate of drug-likeness (QED) is 0.923. The van der Waals surface area contributed by atoms with Crippen molar-refractivity contribution in [3.63, 3.8) is 0 Å². The van der Waals surface area contributed by atoms with Crippen molar-refractivity contribution in [2.75, 3.05) is 33.7 Å². The maximum atomic E-state index is 13.6. The molecule has 2 amide bonds. The van der Waals surface area contributed by atoms with Gasteiger partial charge in [-0.15, -0.1) is 0 Å². The molecule has 1 aromatic carbocycles. The van der Waals surface area contributed by atoms with Gasteiger partial charge in [0.2, 0.25) is 0 Å². The Labute approximate surface area is 136 Å². The van der Waals surface area contributed by atoms with Gasteiger partial charge in [0, 0.05) is 26.2 Å². The molecule has 1 aliphatic heterocycles. The molecule has 1 fully saturated rings. The second-order valence-corrected chi connectivity index (χ2v) is 6.40. The standard InChI is InChI=1S/C17H25F2N3O/c1-12-11-21(2)10-8-15(12)22(3)17(23)20-9-7-13-5-4-6-14(18)16(13)19/h4-6,12,15H,7-11H2,1-3H3,(H,20,23)/t12-,15+/m1/s1. The normalized spacial score (nSPS) is 22.0. The van der Waals surface area contributed by atoms with Crippen LogP contribution in [0.3, 0.4) is 0 Å². The number of nitrogens with one attached hydrogen (secondary N) is 1. The van der Waals surface area contributed by atoms with Crippen LogP contribution in [0.2, 0.25) is 0 Å². The zero-order chi connectivity index (χ0) is 17.0. The van der Waals surface area contributed by atoms with Crippen LogP contribution in [0.1, 0.15) is 18.9 Å². The first kappa shape index (κ1) is 17.7. The van der Waals surface area contributed by atoms with Crippen LogP contribution in [-0.2, 0) is 6.42 Å². The average Bonchev–Trinajstić information content (AvgIpc) is 2.50. The number of carbonyl (C=O) groups is 1. The fourth-order valence-corrected chi connectivity index (χ4v) is 3.24. The van der Waals surface area contributed by atoms with Gasteiger partial charge < -0.3 is 15.1 Å². The summed E-state index contributed by atoms with van der Waals surface area (Å²) in [5.41, 5.74) is 0.278. The molecule has 0 radical (unpaired) electrons. The highest BCUT2D eigenvalue weighted by Gasteiger charge is 2.29. The van der Waals surface area contributed by atoms with E-state index in [1.807, 2.05) is 0 Å². The van der Waals surface area contributed by atoms with E-state index >= 15 is 0 Å². The molecule has 0 aromatic heterocycles. The Hall–Kier alpha value is -1.69. The smallest absolute Gasteiger partial charge is 0.317 e. The first-order chi connectivity index (χ1) is 10.9. The van der Waals surface area contributed by atoms with Crippen molar-refractivity contribution in [3.05, 3.63) is 35.4 Å². The first-order valence-electron chi connectivity index (χ1n) is 8.02. The highest BCUT2D eigenvalue weighted by Crippen LogP contribution is 2.20. The van der Waals surface area contributed by atoms with Gasteiger partial charge in [0.15, 0.2) is 11.6 Å². The van der Waals surface area contributed by atoms with Crippen molar-refractivity contribution in [2.24, 2.45) is 5.92 Å². The minimum Gasteiger partial charge on any atom is -0.338 e. The van der Waals surface area contributed by atoms with Gasteiger partial charge in [-0.3, -0.25) is 0 Å². The third-order valence-electron chi connectivity index (χ3n) is 4.58. The fraction of sp³-hybridized carbons (Fsp3) is 0.588. The van der Waals surface area contributed by atoms with E-state index in [2.05, 4.69) is 24.2 Å². The molecular weight excluding hydrogens is 300 g/mol. The number of nitrogens with zero attached hydrogens (tertiary/aromatic N) is 2. The second kappa shape index (κ2) is 7.73. The number of hydrogen-bond acceptors (Lipinski definition) is 2. The molecule has 1 aromatic rings. The van der Waals surface area contributed by atoms with Crippen molar-refractivity contribution in [1.29, 1.82) is 0 Å². The Morgan fingerprint density at radius 3 is 2.87 bits per heavy atom. The van der Waals surface area contributed by atoms with Gasteiger partial charge in [0.25, 0.3) is 0 Å². The topological polar surface area (TPSA) is 35.6 Å². The van der Waals surface area contributed by atoms with Gasteiger partial charge in [-0.25, -0.2) is 13.6 Å². The molecule has 1 saturated heterocycles. The van der Waals surface area contributed by atoms with E-state index in [0.29, 0.717) is 5.92 Å². The Morgan fingerprint density at radius 1 is 1.43 bits per heavy atom. The van der Waals surface area contributed by atoms with E-state index in [9.17, 15) is 13.6 Å². The molecule has 23 heavy (non-hydrogen) atoms. The number of halogens is 2. The molecule has 128 valence electrons. The van der Waals surface area contributed by atoms with Gasteiger partial charge in [0.1, 0.15) is 0 Å². The predicted molar refractivity (Wildman–Crippen MR) is 86.3 cm³/mol. The molecule has 6 heteroatoms. The van der Waals surface area contributed by atoms with Crippen molar-refractivity contribution < 1.29 is 13.6 Å². The highest BCUT2D eigenvalue weighted by molar-refractivity contribution is 5.74. The number of urea groups is 1. The van der Waals surface area contributed by atoms with Crippen LogP contribution in [0, 0.1) is 17.6 Å². The van der Waals surface area contributed by atoms with Crippen LogP contribution < -0.4 is 5.32 Å². The van der Waals surface area contributed by atoms with Crippen LogP contribution in [-0.4, -0.2) is 55.6 Å². The largest absolute Gasteiger partial charge is 0.338 e. The van der Waals surface area contributed by atoms with E-state index in [-0.39, 0.29) is 30.6 Å². The number of benzene rings is 1. The minimum absolute atomic E-state index is 0.164. The Bertz CT molecular complexity index is 553. The van der Waals surface area contributed by atoms with Crippen LogP contribution >= 0.6 is 0 Å². The molecule has 2 atom stereocenters. The Kier molecular flexibility index (Phi) is 5.93. The summed E-state index contributed by atoms with van der Waals surface area (Å²) in [7, 11) is 3.88. The lowest BCUT2D eigenvalue weighted by Gasteiger charge is -2.39. The molecule has 0 spiro atoms. The molecular formula is C17H25F2N3O. The lowest BCUT2D eigenvalue weighted by molar-refractivity contribution is 0.107. The van der Waals surface area contributed by atoms with Gasteiger partial charge in [-0.2, -0.15) is 0 Å². The summed E-state index contributed by atoms with van der Waals surface area (Å²) in [6.07, 6.45) is 1.21. The lowest BCUT2D eigenvalue weighted by atomic mass is 9.93. The molecule has 0 saturated carbocycles. The van der Waals surface area contributed by atoms with E-state index in [1.165, 1.54) is 12.1 Å². The molecule has 1 heterocycles. The third-order valence-corrected chi connectivity index (χ3v) is 4.58. The summed E-state index contributed by atoms with van der Waals surface area (Å²) in [6, 6.07) is 4.14. The molecule has 0 unspecified atom stereocenters. The van der Waals surface area contributed by atoms with Crippen molar-refractivity contribution >= 4 is 6.03 Å². The molecule has 4 nitrogen and oxygen atoms in total. The third kappa shape index (κ3) is 4.41. The number of amides is 2. The molecule has 2 rings (SSSR count). The van der Waals surface area contributed by atoms with E-state index < -0.39 is 11.6 Å².